The monoisotopic (exact) mass is 414 g/mol. The van der Waals surface area contributed by atoms with Gasteiger partial charge in [-0.2, -0.15) is 0 Å². The van der Waals surface area contributed by atoms with Gasteiger partial charge in [0.25, 0.3) is 0 Å². The van der Waals surface area contributed by atoms with Crippen molar-refractivity contribution in [1.82, 2.24) is 0 Å². The molecule has 3 rings (SSSR count). The average Bonchev–Trinajstić information content (AvgIpc) is 2.92. The highest BCUT2D eigenvalue weighted by atomic mass is 79.9. The van der Waals surface area contributed by atoms with Gasteiger partial charge in [-0.05, 0) is 53.1 Å². The first-order valence-corrected chi connectivity index (χ1v) is 9.92. The zero-order valence-corrected chi connectivity index (χ0v) is 16.9. The minimum atomic E-state index is 0.256. The quantitative estimate of drug-likeness (QED) is 0.441. The Labute approximate surface area is 164 Å². The Morgan fingerprint density at radius 1 is 1.08 bits per heavy atom. The lowest BCUT2D eigenvalue weighted by atomic mass is 10.1. The Kier molecular flexibility index (Phi) is 5.60. The largest absolute Gasteiger partial charge is 0.352 e. The van der Waals surface area contributed by atoms with E-state index in [0.29, 0.717) is 0 Å². The van der Waals surface area contributed by atoms with Gasteiger partial charge in [0.15, 0.2) is 0 Å². The second-order valence-electron chi connectivity index (χ2n) is 6.34. The fourth-order valence-electron chi connectivity index (χ4n) is 3.32. The molecule has 0 aliphatic carbocycles. The van der Waals surface area contributed by atoms with Crippen molar-refractivity contribution in [3.8, 4) is 0 Å². The predicted octanol–water partition coefficient (Wildman–Crippen LogP) is 6.23. The number of thiol groups is 1. The van der Waals surface area contributed by atoms with Gasteiger partial charge in [-0.3, -0.25) is 0 Å². The molecule has 130 valence electrons. The van der Waals surface area contributed by atoms with E-state index in [2.05, 4.69) is 107 Å². The summed E-state index contributed by atoms with van der Waals surface area (Å²) in [5.41, 5.74) is 5.95. The molecule has 1 unspecified atom stereocenters. The highest BCUT2D eigenvalue weighted by Gasteiger charge is 2.33. The van der Waals surface area contributed by atoms with E-state index < -0.39 is 0 Å². The summed E-state index contributed by atoms with van der Waals surface area (Å²) >= 11 is 7.86. The van der Waals surface area contributed by atoms with Gasteiger partial charge in [0.2, 0.25) is 0 Å². The first-order chi connectivity index (χ1) is 12.0. The van der Waals surface area contributed by atoms with Gasteiger partial charge in [0.05, 0.1) is 11.4 Å². The van der Waals surface area contributed by atoms with Gasteiger partial charge in [0.1, 0.15) is 6.17 Å². The molecule has 0 bridgehead atoms. The van der Waals surface area contributed by atoms with Gasteiger partial charge >= 0.3 is 0 Å². The topological polar surface area (TPSA) is 6.48 Å². The van der Waals surface area contributed by atoms with E-state index in [1.54, 1.807) is 0 Å². The fraction of sp³-hybridized carbons (Fsp3) is 0.238. The van der Waals surface area contributed by atoms with Crippen molar-refractivity contribution in [2.45, 2.75) is 19.0 Å². The number of anilines is 3. The van der Waals surface area contributed by atoms with Crippen LogP contribution >= 0.6 is 28.6 Å². The molecule has 4 heteroatoms. The predicted molar refractivity (Wildman–Crippen MR) is 117 cm³/mol. The van der Waals surface area contributed by atoms with Gasteiger partial charge < -0.3 is 9.80 Å². The van der Waals surface area contributed by atoms with Crippen LogP contribution in [0.2, 0.25) is 0 Å². The summed E-state index contributed by atoms with van der Waals surface area (Å²) in [5.74, 6) is 0. The van der Waals surface area contributed by atoms with E-state index in [0.717, 1.165) is 28.6 Å². The SMILES string of the molecule is C=C(S)CCC1N(C)c2ccccc2N1c1ccc(C(=C)CBr)cc1. The number of para-hydroxylation sites is 2. The van der Waals surface area contributed by atoms with Crippen molar-refractivity contribution in [1.29, 1.82) is 0 Å². The van der Waals surface area contributed by atoms with Crippen LogP contribution in [-0.2, 0) is 0 Å². The van der Waals surface area contributed by atoms with Crippen molar-refractivity contribution >= 4 is 51.2 Å². The minimum Gasteiger partial charge on any atom is -0.352 e. The number of allylic oxidation sites excluding steroid dienone is 2. The number of benzene rings is 2. The molecule has 2 nitrogen and oxygen atoms in total. The average molecular weight is 415 g/mol. The third-order valence-corrected chi connectivity index (χ3v) is 5.57. The Morgan fingerprint density at radius 3 is 2.32 bits per heavy atom. The van der Waals surface area contributed by atoms with E-state index in [1.165, 1.54) is 22.6 Å². The third-order valence-electron chi connectivity index (χ3n) is 4.67. The molecule has 2 aromatic rings. The Bertz CT molecular complexity index is 785. The summed E-state index contributed by atoms with van der Waals surface area (Å²) in [6.07, 6.45) is 2.12. The van der Waals surface area contributed by atoms with Crippen LogP contribution in [-0.4, -0.2) is 18.5 Å². The summed E-state index contributed by atoms with van der Waals surface area (Å²) in [7, 11) is 2.16. The summed E-state index contributed by atoms with van der Waals surface area (Å²) in [6, 6.07) is 17.2. The van der Waals surface area contributed by atoms with Gasteiger partial charge in [-0.15, -0.1) is 12.6 Å². The Morgan fingerprint density at radius 2 is 1.72 bits per heavy atom. The molecule has 0 fully saturated rings. The van der Waals surface area contributed by atoms with Crippen LogP contribution in [0.3, 0.4) is 0 Å². The van der Waals surface area contributed by atoms with E-state index in [9.17, 15) is 0 Å². The summed E-state index contributed by atoms with van der Waals surface area (Å²) in [5, 5.41) is 0.786. The van der Waals surface area contributed by atoms with Crippen molar-refractivity contribution in [3.05, 3.63) is 72.2 Å². The molecule has 0 radical (unpaired) electrons. The third kappa shape index (κ3) is 3.65. The normalized spacial score (nSPS) is 16.0. The van der Waals surface area contributed by atoms with Crippen LogP contribution in [0.15, 0.2) is 66.6 Å². The smallest absolute Gasteiger partial charge is 0.106 e. The van der Waals surface area contributed by atoms with Crippen molar-refractivity contribution in [2.24, 2.45) is 0 Å². The van der Waals surface area contributed by atoms with E-state index >= 15 is 0 Å². The molecule has 0 saturated carbocycles. The van der Waals surface area contributed by atoms with Crippen LogP contribution < -0.4 is 9.80 Å². The molecular formula is C21H23BrN2S. The molecule has 25 heavy (non-hydrogen) atoms. The van der Waals surface area contributed by atoms with Gasteiger partial charge in [-0.25, -0.2) is 0 Å². The molecule has 1 aliphatic heterocycles. The van der Waals surface area contributed by atoms with Crippen LogP contribution in [0.5, 0.6) is 0 Å². The number of hydrogen-bond acceptors (Lipinski definition) is 3. The molecule has 1 aliphatic rings. The van der Waals surface area contributed by atoms with Gasteiger partial charge in [0, 0.05) is 18.1 Å². The maximum Gasteiger partial charge on any atom is 0.106 e. The van der Waals surface area contributed by atoms with E-state index in [-0.39, 0.29) is 6.17 Å². The van der Waals surface area contributed by atoms with Crippen LogP contribution in [0.1, 0.15) is 18.4 Å². The van der Waals surface area contributed by atoms with Crippen LogP contribution in [0.25, 0.3) is 5.57 Å². The molecule has 1 atom stereocenters. The molecular weight excluding hydrogens is 392 g/mol. The maximum atomic E-state index is 4.38. The second-order valence-corrected chi connectivity index (χ2v) is 7.53. The minimum absolute atomic E-state index is 0.256. The molecule has 0 spiro atoms. The maximum absolute atomic E-state index is 4.38. The lowest BCUT2D eigenvalue weighted by molar-refractivity contribution is 0.617. The zero-order chi connectivity index (χ0) is 18.0. The lowest BCUT2D eigenvalue weighted by Gasteiger charge is -2.31. The molecule has 0 amide bonds. The molecule has 0 N–H and O–H groups in total. The standard InChI is InChI=1S/C21H23BrN2S/c1-15(14-22)17-9-11-18(12-10-17)24-20-7-5-4-6-19(20)23(3)21(24)13-8-16(2)25/h4-7,9-12,21,25H,1-2,8,13-14H2,3H3. The number of alkyl halides is 1. The highest BCUT2D eigenvalue weighted by molar-refractivity contribution is 9.09. The van der Waals surface area contributed by atoms with Crippen molar-refractivity contribution in [2.75, 3.05) is 22.2 Å². The summed E-state index contributed by atoms with van der Waals surface area (Å²) < 4.78 is 0. The molecule has 0 saturated heterocycles. The second kappa shape index (κ2) is 7.71. The lowest BCUT2D eigenvalue weighted by Crippen LogP contribution is -2.38. The Hall–Kier alpha value is -1.65. The number of fused-ring (bicyclic) bond motifs is 1. The van der Waals surface area contributed by atoms with Gasteiger partial charge in [-0.1, -0.05) is 53.4 Å². The number of hydrogen-bond donors (Lipinski definition) is 1. The van der Waals surface area contributed by atoms with E-state index in [4.69, 9.17) is 0 Å². The van der Waals surface area contributed by atoms with Crippen LogP contribution in [0.4, 0.5) is 17.1 Å². The summed E-state index contributed by atoms with van der Waals surface area (Å²) in [6.45, 7) is 8.04. The summed E-state index contributed by atoms with van der Waals surface area (Å²) in [4.78, 5) is 5.68. The first kappa shape index (κ1) is 18.2. The fourth-order valence-corrected chi connectivity index (χ4v) is 3.78. The number of nitrogens with zero attached hydrogens (tertiary/aromatic N) is 2. The highest BCUT2D eigenvalue weighted by Crippen LogP contribution is 2.44. The Balaban J connectivity index is 1.97. The van der Waals surface area contributed by atoms with E-state index in [1.807, 2.05) is 0 Å². The molecule has 1 heterocycles. The van der Waals surface area contributed by atoms with Crippen molar-refractivity contribution < 1.29 is 0 Å². The number of halogens is 1. The first-order valence-electron chi connectivity index (χ1n) is 8.35. The number of rotatable bonds is 6. The van der Waals surface area contributed by atoms with Crippen LogP contribution in [0, 0.1) is 0 Å². The van der Waals surface area contributed by atoms with Crippen molar-refractivity contribution in [3.63, 3.8) is 0 Å². The molecule has 2 aromatic carbocycles. The zero-order valence-electron chi connectivity index (χ0n) is 14.5. The molecule has 0 aromatic heterocycles.